The Hall–Kier alpha value is -3.36. The molecule has 9 heteroatoms. The number of thioether (sulfide) groups is 1. The van der Waals surface area contributed by atoms with Crippen LogP contribution in [-0.4, -0.2) is 38.0 Å². The lowest BCUT2D eigenvalue weighted by atomic mass is 10.2. The number of hydrogen-bond acceptors (Lipinski definition) is 6. The van der Waals surface area contributed by atoms with Crippen LogP contribution in [0, 0.1) is 6.92 Å². The Labute approximate surface area is 201 Å². The standard InChI is InChI=1S/C24H22ClN5O2S/c1-3-32-20-8-6-19(7-9-20)30-23(17-10-12-26-13-11-17)28-29-24(30)33-15-22(31)27-18-5-4-16(2)21(25)14-18/h4-14H,3,15H2,1-2H3,(H,27,31). The van der Waals surface area contributed by atoms with Gasteiger partial charge in [0.15, 0.2) is 11.0 Å². The number of pyridine rings is 1. The lowest BCUT2D eigenvalue weighted by Crippen LogP contribution is -2.14. The molecule has 4 aromatic rings. The lowest BCUT2D eigenvalue weighted by Gasteiger charge is -2.12. The van der Waals surface area contributed by atoms with Gasteiger partial charge in [-0.1, -0.05) is 29.4 Å². The van der Waals surface area contributed by atoms with Gasteiger partial charge >= 0.3 is 0 Å². The number of rotatable bonds is 8. The summed E-state index contributed by atoms with van der Waals surface area (Å²) in [6.07, 6.45) is 3.42. The van der Waals surface area contributed by atoms with Crippen LogP contribution in [0.1, 0.15) is 12.5 Å². The van der Waals surface area contributed by atoms with Crippen molar-refractivity contribution >= 4 is 35.0 Å². The molecule has 0 bridgehead atoms. The second-order valence-electron chi connectivity index (χ2n) is 7.11. The molecule has 168 valence electrons. The third-order valence-corrected chi connectivity index (χ3v) is 6.10. The van der Waals surface area contributed by atoms with E-state index in [4.69, 9.17) is 16.3 Å². The van der Waals surface area contributed by atoms with Crippen molar-refractivity contribution in [2.24, 2.45) is 0 Å². The van der Waals surface area contributed by atoms with Gasteiger partial charge in [-0.2, -0.15) is 0 Å². The van der Waals surface area contributed by atoms with Gasteiger partial charge in [0, 0.05) is 34.4 Å². The fourth-order valence-electron chi connectivity index (χ4n) is 3.14. The first kappa shape index (κ1) is 22.8. The molecule has 0 aliphatic carbocycles. The van der Waals surface area contributed by atoms with Gasteiger partial charge in [-0.05, 0) is 67.9 Å². The van der Waals surface area contributed by atoms with Crippen molar-refractivity contribution in [3.05, 3.63) is 77.6 Å². The molecule has 1 N–H and O–H groups in total. The van der Waals surface area contributed by atoms with E-state index in [2.05, 4.69) is 20.5 Å². The maximum atomic E-state index is 12.6. The molecule has 0 aliphatic rings. The Kier molecular flexibility index (Phi) is 7.26. The van der Waals surface area contributed by atoms with Crippen molar-refractivity contribution < 1.29 is 9.53 Å². The van der Waals surface area contributed by atoms with E-state index in [0.29, 0.717) is 28.3 Å². The van der Waals surface area contributed by atoms with Crippen LogP contribution < -0.4 is 10.1 Å². The number of anilines is 1. The van der Waals surface area contributed by atoms with Crippen molar-refractivity contribution in [3.63, 3.8) is 0 Å². The molecule has 0 unspecified atom stereocenters. The first-order chi connectivity index (χ1) is 16.0. The Bertz CT molecular complexity index is 1250. The molecule has 2 aromatic carbocycles. The zero-order chi connectivity index (χ0) is 23.2. The second kappa shape index (κ2) is 10.5. The molecule has 4 rings (SSSR count). The molecule has 0 radical (unpaired) electrons. The normalized spacial score (nSPS) is 10.8. The predicted octanol–water partition coefficient (Wildman–Crippen LogP) is 5.42. The number of aromatic nitrogens is 4. The summed E-state index contributed by atoms with van der Waals surface area (Å²) in [5.41, 5.74) is 3.35. The summed E-state index contributed by atoms with van der Waals surface area (Å²) in [5.74, 6) is 1.45. The Morgan fingerprint density at radius 2 is 1.85 bits per heavy atom. The van der Waals surface area contributed by atoms with Crippen molar-refractivity contribution in [3.8, 4) is 22.8 Å². The van der Waals surface area contributed by atoms with Gasteiger partial charge in [-0.25, -0.2) is 0 Å². The van der Waals surface area contributed by atoms with Crippen LogP contribution in [0.3, 0.4) is 0 Å². The first-order valence-electron chi connectivity index (χ1n) is 10.3. The number of carbonyl (C=O) groups excluding carboxylic acids is 1. The number of nitrogens with zero attached hydrogens (tertiary/aromatic N) is 4. The number of amides is 1. The molecule has 0 saturated carbocycles. The molecule has 0 aliphatic heterocycles. The number of ether oxygens (including phenoxy) is 1. The summed E-state index contributed by atoms with van der Waals surface area (Å²) in [6.45, 7) is 4.45. The monoisotopic (exact) mass is 479 g/mol. The van der Waals surface area contributed by atoms with E-state index >= 15 is 0 Å². The Balaban J connectivity index is 1.57. The Morgan fingerprint density at radius 3 is 2.55 bits per heavy atom. The van der Waals surface area contributed by atoms with Crippen LogP contribution in [0.2, 0.25) is 5.02 Å². The van der Waals surface area contributed by atoms with Gasteiger partial charge in [-0.3, -0.25) is 14.3 Å². The molecule has 1 amide bonds. The fourth-order valence-corrected chi connectivity index (χ4v) is 4.07. The molecule has 2 aromatic heterocycles. The maximum absolute atomic E-state index is 12.6. The molecule has 0 atom stereocenters. The summed E-state index contributed by atoms with van der Waals surface area (Å²) < 4.78 is 7.48. The number of hydrogen-bond donors (Lipinski definition) is 1. The quantitative estimate of drug-likeness (QED) is 0.340. The average molecular weight is 480 g/mol. The second-order valence-corrected chi connectivity index (χ2v) is 8.45. The van der Waals surface area contributed by atoms with Gasteiger partial charge in [0.1, 0.15) is 5.75 Å². The molecule has 33 heavy (non-hydrogen) atoms. The molecular formula is C24H22ClN5O2S. The van der Waals surface area contributed by atoms with E-state index in [-0.39, 0.29) is 11.7 Å². The molecule has 2 heterocycles. The van der Waals surface area contributed by atoms with E-state index in [0.717, 1.165) is 22.6 Å². The third-order valence-electron chi connectivity index (χ3n) is 4.77. The fraction of sp³-hybridized carbons (Fsp3) is 0.167. The molecule has 7 nitrogen and oxygen atoms in total. The highest BCUT2D eigenvalue weighted by molar-refractivity contribution is 7.99. The summed E-state index contributed by atoms with van der Waals surface area (Å²) in [4.78, 5) is 16.6. The van der Waals surface area contributed by atoms with Crippen LogP contribution in [0.15, 0.2) is 72.1 Å². The predicted molar refractivity (Wildman–Crippen MR) is 131 cm³/mol. The minimum atomic E-state index is -0.161. The maximum Gasteiger partial charge on any atom is 0.234 e. The summed E-state index contributed by atoms with van der Waals surface area (Å²) in [7, 11) is 0. The number of aryl methyl sites for hydroxylation is 1. The average Bonchev–Trinajstić information content (AvgIpc) is 3.25. The van der Waals surface area contributed by atoms with Crippen molar-refractivity contribution in [2.75, 3.05) is 17.7 Å². The minimum Gasteiger partial charge on any atom is -0.494 e. The molecular weight excluding hydrogens is 458 g/mol. The van der Waals surface area contributed by atoms with E-state index in [9.17, 15) is 4.79 Å². The SMILES string of the molecule is CCOc1ccc(-n2c(SCC(=O)Nc3ccc(C)c(Cl)c3)nnc2-c2ccncc2)cc1. The van der Waals surface area contributed by atoms with E-state index in [1.165, 1.54) is 11.8 Å². The Morgan fingerprint density at radius 1 is 1.09 bits per heavy atom. The number of nitrogens with one attached hydrogen (secondary N) is 1. The van der Waals surface area contributed by atoms with Crippen LogP contribution in [0.4, 0.5) is 5.69 Å². The first-order valence-corrected chi connectivity index (χ1v) is 11.7. The van der Waals surface area contributed by atoms with Crippen LogP contribution in [0.5, 0.6) is 5.75 Å². The van der Waals surface area contributed by atoms with Crippen LogP contribution in [-0.2, 0) is 4.79 Å². The summed E-state index contributed by atoms with van der Waals surface area (Å²) in [6, 6.07) is 16.9. The van der Waals surface area contributed by atoms with E-state index < -0.39 is 0 Å². The third kappa shape index (κ3) is 5.53. The molecule has 0 fully saturated rings. The number of carbonyl (C=O) groups is 1. The lowest BCUT2D eigenvalue weighted by molar-refractivity contribution is -0.113. The van der Waals surface area contributed by atoms with Crippen LogP contribution >= 0.6 is 23.4 Å². The number of benzene rings is 2. The zero-order valence-corrected chi connectivity index (χ0v) is 19.7. The van der Waals surface area contributed by atoms with Gasteiger partial charge in [0.2, 0.25) is 5.91 Å². The van der Waals surface area contributed by atoms with Gasteiger partial charge in [-0.15, -0.1) is 10.2 Å². The topological polar surface area (TPSA) is 81.9 Å². The van der Waals surface area contributed by atoms with Crippen molar-refractivity contribution in [1.82, 2.24) is 19.7 Å². The van der Waals surface area contributed by atoms with Gasteiger partial charge < -0.3 is 10.1 Å². The van der Waals surface area contributed by atoms with E-state index in [1.807, 2.05) is 66.9 Å². The van der Waals surface area contributed by atoms with Crippen LogP contribution in [0.25, 0.3) is 17.1 Å². The molecule has 0 spiro atoms. The minimum absolute atomic E-state index is 0.161. The molecule has 0 saturated heterocycles. The highest BCUT2D eigenvalue weighted by atomic mass is 35.5. The number of halogens is 1. The van der Waals surface area contributed by atoms with E-state index in [1.54, 1.807) is 18.5 Å². The van der Waals surface area contributed by atoms with Gasteiger partial charge in [0.25, 0.3) is 0 Å². The highest BCUT2D eigenvalue weighted by Crippen LogP contribution is 2.29. The highest BCUT2D eigenvalue weighted by Gasteiger charge is 2.17. The zero-order valence-electron chi connectivity index (χ0n) is 18.2. The van der Waals surface area contributed by atoms with Crippen molar-refractivity contribution in [1.29, 1.82) is 0 Å². The summed E-state index contributed by atoms with van der Waals surface area (Å²) >= 11 is 7.46. The largest absolute Gasteiger partial charge is 0.494 e. The summed E-state index contributed by atoms with van der Waals surface area (Å²) in [5, 5.41) is 12.8. The van der Waals surface area contributed by atoms with Crippen molar-refractivity contribution in [2.45, 2.75) is 19.0 Å². The smallest absolute Gasteiger partial charge is 0.234 e. The van der Waals surface area contributed by atoms with Gasteiger partial charge in [0.05, 0.1) is 12.4 Å².